The van der Waals surface area contributed by atoms with E-state index in [0.29, 0.717) is 0 Å². The Morgan fingerprint density at radius 2 is 1.67 bits per heavy atom. The molecule has 1 N–H and O–H groups in total. The van der Waals surface area contributed by atoms with Crippen molar-refractivity contribution >= 4 is 22.4 Å². The fourth-order valence-electron chi connectivity index (χ4n) is 3.12. The Hall–Kier alpha value is -2.58. The zero-order valence-electron chi connectivity index (χ0n) is 13.4. The summed E-state index contributed by atoms with van der Waals surface area (Å²) in [6, 6.07) is 22.7. The molecule has 0 saturated heterocycles. The Labute approximate surface area is 146 Å². The number of H-pyrrole nitrogens is 1. The molecule has 0 amide bonds. The third-order valence-electron chi connectivity index (χ3n) is 4.29. The first-order valence-corrected chi connectivity index (χ1v) is 8.36. The van der Waals surface area contributed by atoms with Crippen LogP contribution in [0.4, 0.5) is 0 Å². The molecule has 0 bridgehead atoms. The van der Waals surface area contributed by atoms with Crippen LogP contribution in [0.2, 0.25) is 5.02 Å². The first kappa shape index (κ1) is 15.0. The molecule has 4 rings (SSSR count). The Kier molecular flexibility index (Phi) is 3.83. The topological polar surface area (TPSA) is 28.7 Å². The molecule has 0 aliphatic carbocycles. The Bertz CT molecular complexity index is 995. The van der Waals surface area contributed by atoms with Gasteiger partial charge in [0.25, 0.3) is 0 Å². The third-order valence-corrected chi connectivity index (χ3v) is 4.54. The van der Waals surface area contributed by atoms with Crippen molar-refractivity contribution in [2.24, 2.45) is 0 Å². The maximum Gasteiger partial charge on any atom is 0.111 e. The van der Waals surface area contributed by atoms with E-state index in [1.807, 2.05) is 24.3 Å². The molecule has 3 aromatic carbocycles. The number of hydrogen-bond donors (Lipinski definition) is 1. The monoisotopic (exact) mass is 332 g/mol. The summed E-state index contributed by atoms with van der Waals surface area (Å²) >= 11 is 5.98. The van der Waals surface area contributed by atoms with Crippen molar-refractivity contribution in [2.45, 2.75) is 13.3 Å². The van der Waals surface area contributed by atoms with E-state index in [0.717, 1.165) is 34.2 Å². The summed E-state index contributed by atoms with van der Waals surface area (Å²) < 4.78 is 0. The van der Waals surface area contributed by atoms with Crippen molar-refractivity contribution in [3.05, 3.63) is 88.8 Å². The summed E-state index contributed by atoms with van der Waals surface area (Å²) in [6.45, 7) is 2.06. The van der Waals surface area contributed by atoms with E-state index in [-0.39, 0.29) is 0 Å². The number of hydrogen-bond acceptors (Lipinski definition) is 1. The van der Waals surface area contributed by atoms with Gasteiger partial charge in [-0.15, -0.1) is 0 Å². The first-order chi connectivity index (χ1) is 11.7. The van der Waals surface area contributed by atoms with Gasteiger partial charge in [0.05, 0.1) is 5.69 Å². The highest BCUT2D eigenvalue weighted by Gasteiger charge is 2.10. The lowest BCUT2D eigenvalue weighted by atomic mass is 10.0. The molecule has 0 fully saturated rings. The molecule has 0 radical (unpaired) electrons. The second-order valence-corrected chi connectivity index (χ2v) is 6.42. The Morgan fingerprint density at radius 1 is 0.917 bits per heavy atom. The lowest BCUT2D eigenvalue weighted by molar-refractivity contribution is 1.02. The molecule has 0 aliphatic rings. The van der Waals surface area contributed by atoms with E-state index < -0.39 is 0 Å². The number of aromatic amines is 1. The van der Waals surface area contributed by atoms with E-state index >= 15 is 0 Å². The van der Waals surface area contributed by atoms with E-state index in [1.54, 1.807) is 0 Å². The van der Waals surface area contributed by atoms with Crippen molar-refractivity contribution < 1.29 is 0 Å². The summed E-state index contributed by atoms with van der Waals surface area (Å²) in [6.07, 6.45) is 0.787. The molecule has 0 unspecified atom stereocenters. The van der Waals surface area contributed by atoms with Crippen molar-refractivity contribution in [3.8, 4) is 11.3 Å². The van der Waals surface area contributed by atoms with Gasteiger partial charge in [-0.2, -0.15) is 0 Å². The van der Waals surface area contributed by atoms with E-state index in [4.69, 9.17) is 16.6 Å². The average Bonchev–Trinajstić information content (AvgIpc) is 2.96. The second kappa shape index (κ2) is 6.14. The molecular formula is C21H17ClN2. The average molecular weight is 333 g/mol. The zero-order chi connectivity index (χ0) is 16.5. The molecule has 0 spiro atoms. The molecule has 3 heteroatoms. The predicted molar refractivity (Wildman–Crippen MR) is 101 cm³/mol. The highest BCUT2D eigenvalue weighted by molar-refractivity contribution is 6.30. The molecule has 24 heavy (non-hydrogen) atoms. The standard InChI is InChI=1S/C21H17ClN2/c1-14-21(16-9-11-18(22)12-10-16)24-20(23-14)13-17-7-4-6-15-5-2-3-8-19(15)17/h2-12H,13H2,1H3,(H,23,24). The van der Waals surface area contributed by atoms with Gasteiger partial charge in [0.2, 0.25) is 0 Å². The van der Waals surface area contributed by atoms with Crippen molar-refractivity contribution in [3.63, 3.8) is 0 Å². The summed E-state index contributed by atoms with van der Waals surface area (Å²) in [5.74, 6) is 0.980. The number of imidazole rings is 1. The van der Waals surface area contributed by atoms with Crippen LogP contribution in [0.3, 0.4) is 0 Å². The zero-order valence-corrected chi connectivity index (χ0v) is 14.1. The molecule has 1 aromatic heterocycles. The maximum absolute atomic E-state index is 5.98. The second-order valence-electron chi connectivity index (χ2n) is 5.98. The quantitative estimate of drug-likeness (QED) is 0.506. The van der Waals surface area contributed by atoms with Crippen LogP contribution in [0.1, 0.15) is 17.1 Å². The summed E-state index contributed by atoms with van der Waals surface area (Å²) in [5, 5.41) is 3.28. The fraction of sp³-hybridized carbons (Fsp3) is 0.0952. The highest BCUT2D eigenvalue weighted by atomic mass is 35.5. The van der Waals surface area contributed by atoms with E-state index in [1.165, 1.54) is 16.3 Å². The van der Waals surface area contributed by atoms with Crippen molar-refractivity contribution in [2.75, 3.05) is 0 Å². The largest absolute Gasteiger partial charge is 0.345 e. The number of nitrogens with one attached hydrogen (secondary N) is 1. The van der Waals surface area contributed by atoms with Crippen LogP contribution in [0.25, 0.3) is 22.0 Å². The molecule has 118 valence electrons. The Balaban J connectivity index is 1.70. The summed E-state index contributed by atoms with van der Waals surface area (Å²) in [5.41, 5.74) is 4.43. The van der Waals surface area contributed by atoms with Gasteiger partial charge in [0, 0.05) is 22.7 Å². The lowest BCUT2D eigenvalue weighted by Crippen LogP contribution is -1.92. The summed E-state index contributed by atoms with van der Waals surface area (Å²) in [7, 11) is 0. The number of aromatic nitrogens is 2. The van der Waals surface area contributed by atoms with Crippen LogP contribution in [0.15, 0.2) is 66.7 Å². The minimum Gasteiger partial charge on any atom is -0.345 e. The van der Waals surface area contributed by atoms with Crippen molar-refractivity contribution in [1.82, 2.24) is 9.97 Å². The molecule has 1 heterocycles. The Morgan fingerprint density at radius 3 is 2.50 bits per heavy atom. The van der Waals surface area contributed by atoms with Gasteiger partial charge in [0.15, 0.2) is 0 Å². The van der Waals surface area contributed by atoms with Gasteiger partial charge >= 0.3 is 0 Å². The van der Waals surface area contributed by atoms with Crippen LogP contribution in [0.5, 0.6) is 0 Å². The van der Waals surface area contributed by atoms with E-state index in [2.05, 4.69) is 54.4 Å². The van der Waals surface area contributed by atoms with Crippen LogP contribution >= 0.6 is 11.6 Å². The number of nitrogens with zero attached hydrogens (tertiary/aromatic N) is 1. The fourth-order valence-corrected chi connectivity index (χ4v) is 3.25. The van der Waals surface area contributed by atoms with Crippen molar-refractivity contribution in [1.29, 1.82) is 0 Å². The smallest absolute Gasteiger partial charge is 0.111 e. The van der Waals surface area contributed by atoms with Gasteiger partial charge in [-0.05, 0) is 35.4 Å². The van der Waals surface area contributed by atoms with E-state index in [9.17, 15) is 0 Å². The number of benzene rings is 3. The lowest BCUT2D eigenvalue weighted by Gasteiger charge is -2.04. The number of aryl methyl sites for hydroxylation is 1. The minimum atomic E-state index is 0.739. The minimum absolute atomic E-state index is 0.739. The van der Waals surface area contributed by atoms with Gasteiger partial charge < -0.3 is 4.98 Å². The predicted octanol–water partition coefficient (Wildman–Crippen LogP) is 5.78. The number of rotatable bonds is 3. The molecule has 0 atom stereocenters. The molecule has 2 nitrogen and oxygen atoms in total. The van der Waals surface area contributed by atoms with Crippen LogP contribution in [-0.2, 0) is 6.42 Å². The molecule has 4 aromatic rings. The molecule has 0 aliphatic heterocycles. The highest BCUT2D eigenvalue weighted by Crippen LogP contribution is 2.25. The van der Waals surface area contributed by atoms with Gasteiger partial charge in [-0.3, -0.25) is 0 Å². The third kappa shape index (κ3) is 2.81. The number of fused-ring (bicyclic) bond motifs is 1. The summed E-state index contributed by atoms with van der Waals surface area (Å²) in [4.78, 5) is 8.24. The maximum atomic E-state index is 5.98. The van der Waals surface area contributed by atoms with Crippen LogP contribution in [-0.4, -0.2) is 9.97 Å². The first-order valence-electron chi connectivity index (χ1n) is 7.99. The van der Waals surface area contributed by atoms with Gasteiger partial charge in [-0.25, -0.2) is 4.98 Å². The van der Waals surface area contributed by atoms with Crippen LogP contribution in [0, 0.1) is 6.92 Å². The number of halogens is 1. The van der Waals surface area contributed by atoms with Gasteiger partial charge in [-0.1, -0.05) is 66.2 Å². The van der Waals surface area contributed by atoms with Crippen LogP contribution < -0.4 is 0 Å². The normalized spacial score (nSPS) is 11.1. The molecular weight excluding hydrogens is 316 g/mol. The SMILES string of the molecule is Cc1[nH]c(Cc2cccc3ccccc23)nc1-c1ccc(Cl)cc1. The molecule has 0 saturated carbocycles. The van der Waals surface area contributed by atoms with Gasteiger partial charge in [0.1, 0.15) is 5.82 Å².